The van der Waals surface area contributed by atoms with Crippen molar-refractivity contribution in [2.45, 2.75) is 20.0 Å². The summed E-state index contributed by atoms with van der Waals surface area (Å²) in [5.74, 6) is -0.181. The molecular weight excluding hydrogens is 251 g/mol. The second-order valence-electron chi connectivity index (χ2n) is 4.86. The van der Waals surface area contributed by atoms with E-state index in [4.69, 9.17) is 0 Å². The Morgan fingerprint density at radius 3 is 2.35 bits per heavy atom. The largest absolute Gasteiger partial charge is 0.368 e. The summed E-state index contributed by atoms with van der Waals surface area (Å²) in [6.45, 7) is 4.58. The van der Waals surface area contributed by atoms with Crippen molar-refractivity contribution < 1.29 is 4.39 Å². The molecule has 2 aromatic carbocycles. The van der Waals surface area contributed by atoms with Gasteiger partial charge in [0, 0.05) is 20.1 Å². The Labute approximate surface area is 120 Å². The van der Waals surface area contributed by atoms with E-state index in [-0.39, 0.29) is 5.82 Å². The number of para-hydroxylation sites is 1. The zero-order chi connectivity index (χ0) is 14.4. The van der Waals surface area contributed by atoms with Gasteiger partial charge in [-0.25, -0.2) is 4.39 Å². The van der Waals surface area contributed by atoms with E-state index in [2.05, 4.69) is 24.4 Å². The van der Waals surface area contributed by atoms with Gasteiger partial charge >= 0.3 is 0 Å². The molecule has 0 heterocycles. The molecule has 0 atom stereocenters. The van der Waals surface area contributed by atoms with Gasteiger partial charge in [-0.15, -0.1) is 0 Å². The second-order valence-corrected chi connectivity index (χ2v) is 4.86. The third kappa shape index (κ3) is 3.58. The number of nitrogens with one attached hydrogen (secondary N) is 1. The molecule has 0 aromatic heterocycles. The molecule has 20 heavy (non-hydrogen) atoms. The van der Waals surface area contributed by atoms with Crippen molar-refractivity contribution in [2.24, 2.45) is 0 Å². The molecule has 0 aliphatic rings. The molecule has 0 fully saturated rings. The monoisotopic (exact) mass is 272 g/mol. The van der Waals surface area contributed by atoms with Crippen LogP contribution in [0.4, 0.5) is 10.1 Å². The van der Waals surface area contributed by atoms with Crippen LogP contribution in [0.25, 0.3) is 0 Å². The first-order valence-electron chi connectivity index (χ1n) is 6.95. The van der Waals surface area contributed by atoms with Crippen LogP contribution in [0.15, 0.2) is 48.5 Å². The lowest BCUT2D eigenvalue weighted by molar-refractivity contribution is 0.622. The highest BCUT2D eigenvalue weighted by Crippen LogP contribution is 2.20. The zero-order valence-corrected chi connectivity index (χ0v) is 12.1. The van der Waals surface area contributed by atoms with E-state index in [1.165, 1.54) is 17.2 Å². The number of nitrogens with zero attached hydrogens (tertiary/aromatic N) is 1. The normalized spacial score (nSPS) is 10.6. The number of rotatable bonds is 6. The van der Waals surface area contributed by atoms with Crippen molar-refractivity contribution in [2.75, 3.05) is 18.5 Å². The van der Waals surface area contributed by atoms with Crippen LogP contribution in [0, 0.1) is 5.82 Å². The van der Waals surface area contributed by atoms with Crippen LogP contribution in [0.5, 0.6) is 0 Å². The lowest BCUT2D eigenvalue weighted by atomic mass is 10.1. The minimum Gasteiger partial charge on any atom is -0.368 e. The first kappa shape index (κ1) is 14.5. The molecule has 2 aromatic rings. The molecule has 0 bridgehead atoms. The van der Waals surface area contributed by atoms with E-state index in [1.54, 1.807) is 6.07 Å². The summed E-state index contributed by atoms with van der Waals surface area (Å²) >= 11 is 0. The summed E-state index contributed by atoms with van der Waals surface area (Å²) in [7, 11) is 1.92. The molecule has 106 valence electrons. The topological polar surface area (TPSA) is 15.3 Å². The highest BCUT2D eigenvalue weighted by Gasteiger charge is 2.09. The highest BCUT2D eigenvalue weighted by molar-refractivity contribution is 5.47. The second kappa shape index (κ2) is 7.06. The smallest absolute Gasteiger partial charge is 0.146 e. The summed E-state index contributed by atoms with van der Waals surface area (Å²) in [5, 5.41) is 3.34. The number of hydrogen-bond acceptors (Lipinski definition) is 2. The van der Waals surface area contributed by atoms with E-state index in [0.29, 0.717) is 12.2 Å². The third-order valence-corrected chi connectivity index (χ3v) is 3.36. The molecular formula is C17H21FN2. The summed E-state index contributed by atoms with van der Waals surface area (Å²) in [5.41, 5.74) is 3.11. The van der Waals surface area contributed by atoms with Crippen molar-refractivity contribution in [3.8, 4) is 0 Å². The van der Waals surface area contributed by atoms with Crippen molar-refractivity contribution in [1.29, 1.82) is 0 Å². The average molecular weight is 272 g/mol. The Morgan fingerprint density at radius 2 is 1.65 bits per heavy atom. The van der Waals surface area contributed by atoms with E-state index in [0.717, 1.165) is 13.1 Å². The minimum atomic E-state index is -0.181. The van der Waals surface area contributed by atoms with Crippen LogP contribution >= 0.6 is 0 Å². The highest BCUT2D eigenvalue weighted by atomic mass is 19.1. The fourth-order valence-electron chi connectivity index (χ4n) is 2.25. The molecule has 1 N–H and O–H groups in total. The van der Waals surface area contributed by atoms with Gasteiger partial charge < -0.3 is 10.2 Å². The maximum absolute atomic E-state index is 13.8. The van der Waals surface area contributed by atoms with E-state index in [1.807, 2.05) is 36.2 Å². The van der Waals surface area contributed by atoms with Crippen molar-refractivity contribution >= 4 is 5.69 Å². The fraction of sp³-hybridized carbons (Fsp3) is 0.294. The number of benzene rings is 2. The number of halogens is 1. The van der Waals surface area contributed by atoms with Gasteiger partial charge in [0.25, 0.3) is 0 Å². The Bertz CT molecular complexity index is 554. The van der Waals surface area contributed by atoms with Gasteiger partial charge in [-0.3, -0.25) is 0 Å². The number of anilines is 1. The van der Waals surface area contributed by atoms with Crippen molar-refractivity contribution in [3.05, 3.63) is 65.5 Å². The van der Waals surface area contributed by atoms with E-state index >= 15 is 0 Å². The Hall–Kier alpha value is -1.87. The van der Waals surface area contributed by atoms with Gasteiger partial charge in [0.15, 0.2) is 0 Å². The van der Waals surface area contributed by atoms with E-state index in [9.17, 15) is 4.39 Å². The molecule has 0 aliphatic carbocycles. The van der Waals surface area contributed by atoms with Gasteiger partial charge in [0.05, 0.1) is 5.69 Å². The summed E-state index contributed by atoms with van der Waals surface area (Å²) in [4.78, 5) is 1.94. The maximum Gasteiger partial charge on any atom is 0.146 e. The Morgan fingerprint density at radius 1 is 1.00 bits per heavy atom. The van der Waals surface area contributed by atoms with Crippen LogP contribution in [-0.4, -0.2) is 13.6 Å². The van der Waals surface area contributed by atoms with Gasteiger partial charge in [-0.2, -0.15) is 0 Å². The maximum atomic E-state index is 13.8. The van der Waals surface area contributed by atoms with Crippen LogP contribution in [-0.2, 0) is 13.1 Å². The molecule has 0 saturated heterocycles. The SMILES string of the molecule is CCNCc1ccccc1CN(C)c1ccccc1F. The average Bonchev–Trinajstić information content (AvgIpc) is 2.46. The fourth-order valence-corrected chi connectivity index (χ4v) is 2.25. The first-order chi connectivity index (χ1) is 9.72. The predicted molar refractivity (Wildman–Crippen MR) is 82.3 cm³/mol. The summed E-state index contributed by atoms with van der Waals surface area (Å²) < 4.78 is 13.8. The van der Waals surface area contributed by atoms with Crippen LogP contribution in [0.2, 0.25) is 0 Å². The molecule has 0 radical (unpaired) electrons. The van der Waals surface area contributed by atoms with Crippen LogP contribution < -0.4 is 10.2 Å². The standard InChI is InChI=1S/C17H21FN2/c1-3-19-12-14-8-4-5-9-15(14)13-20(2)17-11-7-6-10-16(17)18/h4-11,19H,3,12-13H2,1-2H3. The van der Waals surface area contributed by atoms with Crippen molar-refractivity contribution in [3.63, 3.8) is 0 Å². The quantitative estimate of drug-likeness (QED) is 0.865. The molecule has 0 saturated carbocycles. The van der Waals surface area contributed by atoms with E-state index < -0.39 is 0 Å². The molecule has 2 rings (SSSR count). The zero-order valence-electron chi connectivity index (χ0n) is 12.1. The Balaban J connectivity index is 2.15. The molecule has 2 nitrogen and oxygen atoms in total. The summed E-state index contributed by atoms with van der Waals surface area (Å²) in [6.07, 6.45) is 0. The lowest BCUT2D eigenvalue weighted by Crippen LogP contribution is -2.20. The first-order valence-corrected chi connectivity index (χ1v) is 6.95. The van der Waals surface area contributed by atoms with Crippen LogP contribution in [0.3, 0.4) is 0 Å². The Kier molecular flexibility index (Phi) is 5.13. The molecule has 0 amide bonds. The predicted octanol–water partition coefficient (Wildman–Crippen LogP) is 3.57. The number of hydrogen-bond donors (Lipinski definition) is 1. The van der Waals surface area contributed by atoms with Gasteiger partial charge in [0.2, 0.25) is 0 Å². The lowest BCUT2D eigenvalue weighted by Gasteiger charge is -2.21. The molecule has 0 spiro atoms. The van der Waals surface area contributed by atoms with Gasteiger partial charge in [-0.05, 0) is 29.8 Å². The molecule has 0 aliphatic heterocycles. The summed E-state index contributed by atoms with van der Waals surface area (Å²) in [6, 6.07) is 15.2. The van der Waals surface area contributed by atoms with Gasteiger partial charge in [-0.1, -0.05) is 43.3 Å². The molecule has 0 unspecified atom stereocenters. The van der Waals surface area contributed by atoms with Gasteiger partial charge in [0.1, 0.15) is 5.82 Å². The molecule has 3 heteroatoms. The van der Waals surface area contributed by atoms with Crippen molar-refractivity contribution in [1.82, 2.24) is 5.32 Å². The van der Waals surface area contributed by atoms with Crippen LogP contribution in [0.1, 0.15) is 18.1 Å². The third-order valence-electron chi connectivity index (χ3n) is 3.36. The minimum absolute atomic E-state index is 0.181.